The average Bonchev–Trinajstić information content (AvgIpc) is 3.86. The zero-order chi connectivity index (χ0) is 35.4. The second-order valence-corrected chi connectivity index (χ2v) is 14.7. The lowest BCUT2D eigenvalue weighted by Gasteiger charge is -2.37. The molecule has 54 heavy (non-hydrogen) atoms. The van der Waals surface area contributed by atoms with Gasteiger partial charge in [-0.2, -0.15) is 0 Å². The number of para-hydroxylation sites is 1. The van der Waals surface area contributed by atoms with Crippen LogP contribution in [0.1, 0.15) is 22.3 Å². The lowest BCUT2D eigenvalue weighted by Crippen LogP contribution is -2.28. The lowest BCUT2D eigenvalue weighted by atomic mass is 9.70. The van der Waals surface area contributed by atoms with Gasteiger partial charge < -0.3 is 4.90 Å². The second kappa shape index (κ2) is 11.0. The Morgan fingerprint density at radius 1 is 0.296 bits per heavy atom. The molecule has 0 bridgehead atoms. The zero-order valence-electron chi connectivity index (χ0n) is 29.5. The van der Waals surface area contributed by atoms with E-state index in [1.54, 1.807) is 0 Å². The largest absolute Gasteiger partial charge is 0.309 e. The molecule has 250 valence electrons. The first-order chi connectivity index (χ1) is 26.8. The number of hydrogen-bond acceptors (Lipinski definition) is 1. The molecule has 0 fully saturated rings. The third kappa shape index (κ3) is 3.73. The monoisotopic (exact) mass is 683 g/mol. The maximum atomic E-state index is 2.60. The van der Waals surface area contributed by atoms with Crippen LogP contribution in [-0.4, -0.2) is 0 Å². The first-order valence-electron chi connectivity index (χ1n) is 18.9. The van der Waals surface area contributed by atoms with Crippen LogP contribution in [0, 0.1) is 0 Å². The van der Waals surface area contributed by atoms with Crippen molar-refractivity contribution in [3.8, 4) is 55.6 Å². The number of anilines is 3. The predicted molar refractivity (Wildman–Crippen MR) is 225 cm³/mol. The van der Waals surface area contributed by atoms with Crippen molar-refractivity contribution < 1.29 is 0 Å². The molecule has 0 aromatic heterocycles. The van der Waals surface area contributed by atoms with Crippen LogP contribution in [-0.2, 0) is 5.41 Å². The molecule has 1 heteroatoms. The standard InChI is InChI=1S/C53H33N/c1-2-16-34(17-3-1)36-19-9-13-30-47(36)54(48-33-32-35-18-14-25-41-37-20-4-5-24-42(37)51(48)50(35)41)49-31-15-26-43-40-23-8-12-29-46(40)53(52(43)49)44-27-10-6-21-38(44)39-22-7-11-28-45(39)53/h1-33H. The minimum atomic E-state index is -0.504. The number of nitrogens with zero attached hydrogens (tertiary/aromatic N) is 1. The fourth-order valence-electron chi connectivity index (χ4n) is 10.2. The number of hydrogen-bond donors (Lipinski definition) is 0. The molecular formula is C53H33N. The van der Waals surface area contributed by atoms with E-state index in [-0.39, 0.29) is 0 Å². The normalized spacial score (nSPS) is 13.3. The van der Waals surface area contributed by atoms with Gasteiger partial charge in [0, 0.05) is 16.7 Å². The third-order valence-corrected chi connectivity index (χ3v) is 12.2. The van der Waals surface area contributed by atoms with Gasteiger partial charge in [-0.1, -0.05) is 182 Å². The van der Waals surface area contributed by atoms with Crippen LogP contribution in [0.4, 0.5) is 17.1 Å². The summed E-state index contributed by atoms with van der Waals surface area (Å²) in [5.74, 6) is 0. The van der Waals surface area contributed by atoms with E-state index in [0.717, 1.165) is 5.69 Å². The number of rotatable bonds is 4. The molecule has 0 saturated carbocycles. The van der Waals surface area contributed by atoms with Crippen LogP contribution < -0.4 is 4.90 Å². The molecular weight excluding hydrogens is 651 g/mol. The summed E-state index contributed by atoms with van der Waals surface area (Å²) in [4.78, 5) is 2.60. The summed E-state index contributed by atoms with van der Waals surface area (Å²) in [6.07, 6.45) is 0. The number of fused-ring (bicyclic) bond motifs is 13. The maximum Gasteiger partial charge on any atom is 0.0746 e. The minimum Gasteiger partial charge on any atom is -0.309 e. The van der Waals surface area contributed by atoms with Crippen molar-refractivity contribution in [1.29, 1.82) is 0 Å². The zero-order valence-corrected chi connectivity index (χ0v) is 29.5. The molecule has 9 aromatic carbocycles. The molecule has 1 spiro atoms. The van der Waals surface area contributed by atoms with E-state index in [4.69, 9.17) is 0 Å². The van der Waals surface area contributed by atoms with Crippen LogP contribution in [0.5, 0.6) is 0 Å². The van der Waals surface area contributed by atoms with E-state index in [0.29, 0.717) is 0 Å². The van der Waals surface area contributed by atoms with E-state index in [1.807, 2.05) is 0 Å². The molecule has 9 aromatic rings. The van der Waals surface area contributed by atoms with Crippen molar-refractivity contribution in [3.05, 3.63) is 222 Å². The Labute approximate surface area is 315 Å². The summed E-state index contributed by atoms with van der Waals surface area (Å²) in [6, 6.07) is 74.6. The Morgan fingerprint density at radius 3 is 1.50 bits per heavy atom. The molecule has 3 aliphatic carbocycles. The fourth-order valence-corrected chi connectivity index (χ4v) is 10.2. The van der Waals surface area contributed by atoms with Gasteiger partial charge in [0.15, 0.2) is 0 Å². The Morgan fingerprint density at radius 2 is 0.796 bits per heavy atom. The highest BCUT2D eigenvalue weighted by molar-refractivity contribution is 6.20. The summed E-state index contributed by atoms with van der Waals surface area (Å²) < 4.78 is 0. The number of benzene rings is 9. The van der Waals surface area contributed by atoms with Gasteiger partial charge in [0.2, 0.25) is 0 Å². The molecule has 0 N–H and O–H groups in total. The summed E-state index contributed by atoms with van der Waals surface area (Å²) in [5.41, 5.74) is 21.1. The van der Waals surface area contributed by atoms with Crippen molar-refractivity contribution >= 4 is 27.8 Å². The van der Waals surface area contributed by atoms with Gasteiger partial charge in [0.1, 0.15) is 0 Å². The van der Waals surface area contributed by atoms with Crippen LogP contribution >= 0.6 is 0 Å². The van der Waals surface area contributed by atoms with Crippen molar-refractivity contribution in [2.75, 3.05) is 4.90 Å². The van der Waals surface area contributed by atoms with Gasteiger partial charge in [-0.05, 0) is 90.2 Å². The molecule has 0 amide bonds. The van der Waals surface area contributed by atoms with E-state index in [2.05, 4.69) is 205 Å². The van der Waals surface area contributed by atoms with Crippen molar-refractivity contribution in [1.82, 2.24) is 0 Å². The summed E-state index contributed by atoms with van der Waals surface area (Å²) in [7, 11) is 0. The molecule has 12 rings (SSSR count). The minimum absolute atomic E-state index is 0.504. The first kappa shape index (κ1) is 29.6. The van der Waals surface area contributed by atoms with E-state index in [9.17, 15) is 0 Å². The molecule has 0 radical (unpaired) electrons. The van der Waals surface area contributed by atoms with Crippen LogP contribution in [0.2, 0.25) is 0 Å². The van der Waals surface area contributed by atoms with E-state index in [1.165, 1.54) is 100 Å². The summed E-state index contributed by atoms with van der Waals surface area (Å²) in [5, 5.41) is 2.58. The van der Waals surface area contributed by atoms with Gasteiger partial charge in [0.05, 0.1) is 22.5 Å². The highest BCUT2D eigenvalue weighted by Crippen LogP contribution is 2.66. The Hall–Kier alpha value is -6.96. The van der Waals surface area contributed by atoms with Crippen LogP contribution in [0.15, 0.2) is 200 Å². The molecule has 0 aliphatic heterocycles. The quantitative estimate of drug-likeness (QED) is 0.178. The van der Waals surface area contributed by atoms with E-state index >= 15 is 0 Å². The summed E-state index contributed by atoms with van der Waals surface area (Å²) >= 11 is 0. The lowest BCUT2D eigenvalue weighted by molar-refractivity contribution is 0.793. The average molecular weight is 684 g/mol. The van der Waals surface area contributed by atoms with Crippen LogP contribution in [0.25, 0.3) is 66.4 Å². The van der Waals surface area contributed by atoms with Crippen molar-refractivity contribution in [3.63, 3.8) is 0 Å². The molecule has 0 unspecified atom stereocenters. The molecule has 3 aliphatic rings. The smallest absolute Gasteiger partial charge is 0.0746 e. The summed E-state index contributed by atoms with van der Waals surface area (Å²) in [6.45, 7) is 0. The fraction of sp³-hybridized carbons (Fsp3) is 0.0189. The maximum absolute atomic E-state index is 2.60. The van der Waals surface area contributed by atoms with Crippen molar-refractivity contribution in [2.45, 2.75) is 5.41 Å². The first-order valence-corrected chi connectivity index (χ1v) is 18.9. The van der Waals surface area contributed by atoms with Gasteiger partial charge in [-0.15, -0.1) is 0 Å². The third-order valence-electron chi connectivity index (χ3n) is 12.2. The molecule has 1 nitrogen and oxygen atoms in total. The van der Waals surface area contributed by atoms with Gasteiger partial charge in [-0.25, -0.2) is 0 Å². The van der Waals surface area contributed by atoms with E-state index < -0.39 is 5.41 Å². The van der Waals surface area contributed by atoms with Crippen LogP contribution in [0.3, 0.4) is 0 Å². The molecule has 0 saturated heterocycles. The predicted octanol–water partition coefficient (Wildman–Crippen LogP) is 14.0. The molecule has 0 heterocycles. The topological polar surface area (TPSA) is 3.24 Å². The van der Waals surface area contributed by atoms with Gasteiger partial charge in [-0.3, -0.25) is 0 Å². The highest BCUT2D eigenvalue weighted by Gasteiger charge is 2.53. The van der Waals surface area contributed by atoms with Gasteiger partial charge >= 0.3 is 0 Å². The Bertz CT molecular complexity index is 2940. The van der Waals surface area contributed by atoms with Crippen molar-refractivity contribution in [2.24, 2.45) is 0 Å². The van der Waals surface area contributed by atoms with Gasteiger partial charge in [0.25, 0.3) is 0 Å². The Kier molecular flexibility index (Phi) is 6.04. The second-order valence-electron chi connectivity index (χ2n) is 14.7. The SMILES string of the molecule is c1ccc(-c2ccccc2N(c2cccc3c2C2(c4ccccc4-c4ccccc42)c2ccccc2-3)c2ccc3cccc4c3c2-c2ccccc2-4)cc1. The Balaban J connectivity index is 1.26. The highest BCUT2D eigenvalue weighted by atomic mass is 15.2. The molecule has 0 atom stereocenters.